The third-order valence-corrected chi connectivity index (χ3v) is 7.79. The van der Waals surface area contributed by atoms with Crippen LogP contribution < -0.4 is 0 Å². The predicted molar refractivity (Wildman–Crippen MR) is 125 cm³/mol. The highest BCUT2D eigenvalue weighted by atomic mass is 31.1. The van der Waals surface area contributed by atoms with Crippen molar-refractivity contribution in [1.82, 2.24) is 0 Å². The van der Waals surface area contributed by atoms with E-state index in [9.17, 15) is 14.2 Å². The van der Waals surface area contributed by atoms with Gasteiger partial charge >= 0.3 is 0 Å². The maximum absolute atomic E-state index is 12.8. The molecule has 1 radical (unpaired) electrons. The highest BCUT2D eigenvalue weighted by molar-refractivity contribution is 7.46. The second-order valence-corrected chi connectivity index (χ2v) is 10.8. The average Bonchev–Trinajstić information content (AvgIpc) is 2.79. The van der Waals surface area contributed by atoms with Crippen molar-refractivity contribution in [3.05, 3.63) is 35.9 Å². The highest BCUT2D eigenvalue weighted by Gasteiger charge is 2.29. The van der Waals surface area contributed by atoms with Gasteiger partial charge in [-0.05, 0) is 43.1 Å². The largest absolute Gasteiger partial charge is 0.352 e. The molecule has 0 amide bonds. The van der Waals surface area contributed by atoms with E-state index in [-0.39, 0.29) is 18.7 Å². The van der Waals surface area contributed by atoms with Gasteiger partial charge in [-0.2, -0.15) is 0 Å². The molecule has 0 N–H and O–H groups in total. The normalized spacial score (nSPS) is 18.9. The maximum atomic E-state index is 12.8. The Labute approximate surface area is 188 Å². The second kappa shape index (κ2) is 14.7. The molecule has 0 saturated heterocycles. The smallest absolute Gasteiger partial charge is 0.205 e. The first-order valence-electron chi connectivity index (χ1n) is 11.7. The highest BCUT2D eigenvalue weighted by Crippen LogP contribution is 2.42. The summed E-state index contributed by atoms with van der Waals surface area (Å²) < 4.78 is 24.7. The van der Waals surface area contributed by atoms with Gasteiger partial charge < -0.3 is 18.8 Å². The van der Waals surface area contributed by atoms with E-state index in [0.717, 1.165) is 12.7 Å². The van der Waals surface area contributed by atoms with Crippen LogP contribution in [0, 0.1) is 11.8 Å². The first-order chi connectivity index (χ1) is 15.1. The van der Waals surface area contributed by atoms with E-state index >= 15 is 0 Å². The predicted octanol–water partition coefficient (Wildman–Crippen LogP) is 5.73. The van der Waals surface area contributed by atoms with E-state index in [1.165, 1.54) is 37.7 Å². The van der Waals surface area contributed by atoms with E-state index in [1.807, 2.05) is 19.9 Å². The number of aldehydes is 1. The minimum Gasteiger partial charge on any atom is -0.352 e. The molecule has 5 nitrogen and oxygen atoms in total. The van der Waals surface area contributed by atoms with E-state index in [4.69, 9.17) is 9.47 Å². The van der Waals surface area contributed by atoms with Crippen LogP contribution >= 0.6 is 7.80 Å². The van der Waals surface area contributed by atoms with Gasteiger partial charge in [-0.25, -0.2) is 0 Å². The third kappa shape index (κ3) is 9.00. The fourth-order valence-electron chi connectivity index (χ4n) is 4.52. The fraction of sp³-hybridized carbons (Fsp3) is 0.680. The van der Waals surface area contributed by atoms with Crippen molar-refractivity contribution in [1.29, 1.82) is 0 Å². The van der Waals surface area contributed by atoms with Crippen LogP contribution in [0.25, 0.3) is 0 Å². The average molecular weight is 450 g/mol. The van der Waals surface area contributed by atoms with Crippen molar-refractivity contribution in [3.63, 3.8) is 0 Å². The molecule has 1 fully saturated rings. The van der Waals surface area contributed by atoms with Crippen LogP contribution in [0.3, 0.4) is 0 Å². The molecule has 6 heteroatoms. The number of hydrogen-bond donors (Lipinski definition) is 0. The first kappa shape index (κ1) is 26.0. The van der Waals surface area contributed by atoms with Gasteiger partial charge in [-0.15, -0.1) is 0 Å². The number of hydrogen-bond acceptors (Lipinski definition) is 5. The first-order valence-corrected chi connectivity index (χ1v) is 13.4. The van der Waals surface area contributed by atoms with Crippen molar-refractivity contribution in [2.24, 2.45) is 11.8 Å². The van der Waals surface area contributed by atoms with Crippen LogP contribution in [0.1, 0.15) is 76.7 Å². The summed E-state index contributed by atoms with van der Waals surface area (Å²) in [5.74, 6) is 0.551. The van der Waals surface area contributed by atoms with Gasteiger partial charge in [0.25, 0.3) is 0 Å². The van der Waals surface area contributed by atoms with Crippen LogP contribution in [-0.4, -0.2) is 37.5 Å². The number of carbonyl (C=O) groups excluding carboxylic acids is 2. The minimum atomic E-state index is -2.29. The molecule has 2 rings (SSSR count). The molecule has 1 saturated carbocycles. The standard InChI is InChI=1S/C25H38O5P/c1-20(2)25(29-18-9-16-26)30-24(31(28)19-17-27)15-14-23(21-10-5-3-6-11-21)22-12-7-4-8-13-22/h3,5-6,10-11,16,20,22-25,31H,4,7-9,12-15,18-19H2,1-2H3. The summed E-state index contributed by atoms with van der Waals surface area (Å²) in [6.45, 7) is 4.22. The third-order valence-electron chi connectivity index (χ3n) is 6.15. The summed E-state index contributed by atoms with van der Waals surface area (Å²) in [5.41, 5.74) is 1.33. The molecular weight excluding hydrogens is 411 g/mol. The van der Waals surface area contributed by atoms with Crippen LogP contribution in [-0.2, 0) is 23.6 Å². The Morgan fingerprint density at radius 2 is 1.84 bits per heavy atom. The SMILES string of the molecule is CC(C)C(OCCC=O)OC(CCC(c1ccccc1)C1CCCCC1)[PH](=O)C[C]=O. The lowest BCUT2D eigenvalue weighted by Crippen LogP contribution is -2.29. The van der Waals surface area contributed by atoms with Crippen LogP contribution in [0.4, 0.5) is 0 Å². The van der Waals surface area contributed by atoms with Crippen molar-refractivity contribution in [2.75, 3.05) is 12.8 Å². The Kier molecular flexibility index (Phi) is 12.3. The summed E-state index contributed by atoms with van der Waals surface area (Å²) in [6.07, 6.45) is 10.1. The zero-order valence-electron chi connectivity index (χ0n) is 19.0. The molecule has 1 aliphatic rings. The molecule has 0 bridgehead atoms. The van der Waals surface area contributed by atoms with Gasteiger partial charge in [0.2, 0.25) is 6.29 Å². The monoisotopic (exact) mass is 449 g/mol. The topological polar surface area (TPSA) is 69.7 Å². The Morgan fingerprint density at radius 1 is 1.13 bits per heavy atom. The zero-order chi connectivity index (χ0) is 22.5. The lowest BCUT2D eigenvalue weighted by molar-refractivity contribution is -0.176. The van der Waals surface area contributed by atoms with Gasteiger partial charge in [-0.1, -0.05) is 63.4 Å². The lowest BCUT2D eigenvalue weighted by atomic mass is 9.75. The van der Waals surface area contributed by atoms with Gasteiger partial charge in [-0.3, -0.25) is 4.79 Å². The molecule has 0 spiro atoms. The number of rotatable bonds is 15. The van der Waals surface area contributed by atoms with E-state index < -0.39 is 19.9 Å². The van der Waals surface area contributed by atoms with Crippen LogP contribution in [0.2, 0.25) is 0 Å². The van der Waals surface area contributed by atoms with E-state index in [2.05, 4.69) is 24.3 Å². The van der Waals surface area contributed by atoms with Gasteiger partial charge in [0.15, 0.2) is 6.29 Å². The Balaban J connectivity index is 2.12. The summed E-state index contributed by atoms with van der Waals surface area (Å²) >= 11 is 0. The molecule has 1 aromatic carbocycles. The summed E-state index contributed by atoms with van der Waals surface area (Å²) in [4.78, 5) is 21.6. The minimum absolute atomic E-state index is 0.0485. The molecule has 4 unspecified atom stereocenters. The zero-order valence-corrected chi connectivity index (χ0v) is 20.0. The Hall–Kier alpha value is -1.29. The van der Waals surface area contributed by atoms with Gasteiger partial charge in [0.1, 0.15) is 19.9 Å². The Bertz CT molecular complexity index is 657. The number of ether oxygens (including phenoxy) is 2. The molecule has 4 atom stereocenters. The molecule has 1 aromatic rings. The lowest BCUT2D eigenvalue weighted by Gasteiger charge is -2.33. The van der Waals surface area contributed by atoms with Gasteiger partial charge in [0.05, 0.1) is 12.8 Å². The summed E-state index contributed by atoms with van der Waals surface area (Å²) in [6, 6.07) is 10.6. The summed E-state index contributed by atoms with van der Waals surface area (Å²) in [7, 11) is -2.29. The molecule has 31 heavy (non-hydrogen) atoms. The summed E-state index contributed by atoms with van der Waals surface area (Å²) in [5, 5.41) is 0. The van der Waals surface area contributed by atoms with Crippen LogP contribution in [0.5, 0.6) is 0 Å². The molecule has 0 aromatic heterocycles. The molecule has 173 valence electrons. The molecule has 1 aliphatic carbocycles. The van der Waals surface area contributed by atoms with Crippen molar-refractivity contribution < 1.29 is 23.6 Å². The quantitative estimate of drug-likeness (QED) is 0.148. The second-order valence-electron chi connectivity index (χ2n) is 8.84. The van der Waals surface area contributed by atoms with E-state index in [1.54, 1.807) is 6.29 Å². The number of benzene rings is 1. The maximum Gasteiger partial charge on any atom is 0.205 e. The molecular formula is C25H38O5P. The van der Waals surface area contributed by atoms with Crippen molar-refractivity contribution in [3.8, 4) is 0 Å². The van der Waals surface area contributed by atoms with Gasteiger partial charge in [0, 0.05) is 12.3 Å². The molecule has 0 aliphatic heterocycles. The van der Waals surface area contributed by atoms with Crippen molar-refractivity contribution in [2.45, 2.75) is 83.3 Å². The molecule has 0 heterocycles. The van der Waals surface area contributed by atoms with Crippen molar-refractivity contribution >= 4 is 20.4 Å². The van der Waals surface area contributed by atoms with Crippen LogP contribution in [0.15, 0.2) is 30.3 Å². The number of carbonyl (C=O) groups is 1. The fourth-order valence-corrected chi connectivity index (χ4v) is 5.66. The Morgan fingerprint density at radius 3 is 2.45 bits per heavy atom. The van der Waals surface area contributed by atoms with E-state index in [0.29, 0.717) is 24.7 Å².